The quantitative estimate of drug-likeness (QED) is 0.660. The van der Waals surface area contributed by atoms with Crippen LogP contribution >= 0.6 is 11.6 Å². The summed E-state index contributed by atoms with van der Waals surface area (Å²) >= 11 is 5.75. The summed E-state index contributed by atoms with van der Waals surface area (Å²) in [5.41, 5.74) is 1.60. The highest BCUT2D eigenvalue weighted by molar-refractivity contribution is 6.32. The van der Waals surface area contributed by atoms with Crippen LogP contribution in [0.15, 0.2) is 42.5 Å². The summed E-state index contributed by atoms with van der Waals surface area (Å²) in [6.45, 7) is 4.05. The number of hydrogen-bond acceptors (Lipinski definition) is 3. The van der Waals surface area contributed by atoms with Crippen molar-refractivity contribution < 1.29 is 9.72 Å². The maximum atomic E-state index is 12.3. The monoisotopic (exact) mass is 318 g/mol. The number of hydrogen-bond donors (Lipinski definition) is 1. The zero-order valence-electron chi connectivity index (χ0n) is 12.2. The van der Waals surface area contributed by atoms with Gasteiger partial charge in [-0.15, -0.1) is 0 Å². The van der Waals surface area contributed by atoms with Crippen molar-refractivity contribution in [2.75, 3.05) is 5.32 Å². The molecule has 0 saturated heterocycles. The molecule has 114 valence electrons. The normalized spacial score (nSPS) is 10.5. The first kappa shape index (κ1) is 16.0. The summed E-state index contributed by atoms with van der Waals surface area (Å²) in [5.74, 6) is -0.163. The predicted molar refractivity (Wildman–Crippen MR) is 86.6 cm³/mol. The van der Waals surface area contributed by atoms with Gasteiger partial charge in [0.2, 0.25) is 0 Å². The number of benzene rings is 2. The van der Waals surface area contributed by atoms with Crippen LogP contribution in [0.3, 0.4) is 0 Å². The van der Waals surface area contributed by atoms with E-state index in [-0.39, 0.29) is 22.2 Å². The molecule has 0 unspecified atom stereocenters. The number of nitrogens with one attached hydrogen (secondary N) is 1. The molecular formula is C16H15ClN2O3. The molecule has 0 fully saturated rings. The van der Waals surface area contributed by atoms with E-state index in [1.54, 1.807) is 6.07 Å². The van der Waals surface area contributed by atoms with E-state index in [4.69, 9.17) is 11.6 Å². The highest BCUT2D eigenvalue weighted by Crippen LogP contribution is 2.27. The Labute approximate surface area is 133 Å². The smallest absolute Gasteiger partial charge is 0.288 e. The maximum Gasteiger partial charge on any atom is 0.288 e. The van der Waals surface area contributed by atoms with Crippen LogP contribution in [0.1, 0.15) is 35.7 Å². The van der Waals surface area contributed by atoms with Crippen LogP contribution in [0.2, 0.25) is 5.02 Å². The lowest BCUT2D eigenvalue weighted by atomic mass is 10.0. The number of carbonyl (C=O) groups is 1. The van der Waals surface area contributed by atoms with Crippen molar-refractivity contribution in [2.24, 2.45) is 0 Å². The van der Waals surface area contributed by atoms with Crippen LogP contribution in [0, 0.1) is 10.1 Å². The molecule has 1 amide bonds. The second-order valence-corrected chi connectivity index (χ2v) is 5.53. The number of halogens is 1. The van der Waals surface area contributed by atoms with Gasteiger partial charge in [-0.05, 0) is 29.7 Å². The number of para-hydroxylation sites is 1. The fourth-order valence-electron chi connectivity index (χ4n) is 2.10. The highest BCUT2D eigenvalue weighted by atomic mass is 35.5. The third-order valence-electron chi connectivity index (χ3n) is 3.24. The van der Waals surface area contributed by atoms with E-state index in [2.05, 4.69) is 5.32 Å². The molecule has 0 saturated carbocycles. The Hall–Kier alpha value is -2.40. The van der Waals surface area contributed by atoms with E-state index in [0.717, 1.165) is 5.56 Å². The number of nitrogens with zero attached hydrogens (tertiary/aromatic N) is 1. The molecule has 0 heterocycles. The van der Waals surface area contributed by atoms with E-state index in [9.17, 15) is 14.9 Å². The lowest BCUT2D eigenvalue weighted by Gasteiger charge is -2.13. The molecule has 0 bridgehead atoms. The SMILES string of the molecule is CC(C)c1ccccc1NC(=O)c1ccc(Cl)c([N+](=O)[O-])c1. The summed E-state index contributed by atoms with van der Waals surface area (Å²) < 4.78 is 0. The molecular weight excluding hydrogens is 304 g/mol. The molecule has 0 radical (unpaired) electrons. The number of nitro groups is 1. The molecule has 0 aromatic heterocycles. The van der Waals surface area contributed by atoms with E-state index in [0.29, 0.717) is 5.69 Å². The average Bonchev–Trinajstić information content (AvgIpc) is 2.47. The van der Waals surface area contributed by atoms with Gasteiger partial charge in [0.1, 0.15) is 5.02 Å². The zero-order valence-corrected chi connectivity index (χ0v) is 12.9. The summed E-state index contributed by atoms with van der Waals surface area (Å²) in [5, 5.41) is 13.7. The molecule has 22 heavy (non-hydrogen) atoms. The van der Waals surface area contributed by atoms with Gasteiger partial charge < -0.3 is 5.32 Å². The molecule has 0 aliphatic carbocycles. The summed E-state index contributed by atoms with van der Waals surface area (Å²) in [7, 11) is 0. The van der Waals surface area contributed by atoms with Crippen molar-refractivity contribution >= 4 is 28.9 Å². The minimum atomic E-state index is -0.610. The van der Waals surface area contributed by atoms with Gasteiger partial charge in [0, 0.05) is 17.3 Å². The Kier molecular flexibility index (Phi) is 4.78. The maximum absolute atomic E-state index is 12.3. The van der Waals surface area contributed by atoms with Crippen molar-refractivity contribution in [3.8, 4) is 0 Å². The van der Waals surface area contributed by atoms with Crippen molar-refractivity contribution in [1.82, 2.24) is 0 Å². The molecule has 0 aliphatic heterocycles. The Morgan fingerprint density at radius 3 is 2.55 bits per heavy atom. The molecule has 0 aliphatic rings. The lowest BCUT2D eigenvalue weighted by Crippen LogP contribution is -2.14. The lowest BCUT2D eigenvalue weighted by molar-refractivity contribution is -0.384. The largest absolute Gasteiger partial charge is 0.322 e. The van der Waals surface area contributed by atoms with Gasteiger partial charge in [-0.2, -0.15) is 0 Å². The number of anilines is 1. The summed E-state index contributed by atoms with van der Waals surface area (Å²) in [6, 6.07) is 11.5. The first-order chi connectivity index (χ1) is 10.4. The Morgan fingerprint density at radius 1 is 1.23 bits per heavy atom. The number of nitro benzene ring substituents is 1. The molecule has 6 heteroatoms. The van der Waals surface area contributed by atoms with Crippen molar-refractivity contribution in [3.05, 3.63) is 68.7 Å². The van der Waals surface area contributed by atoms with E-state index in [1.807, 2.05) is 32.0 Å². The van der Waals surface area contributed by atoms with Gasteiger partial charge >= 0.3 is 0 Å². The van der Waals surface area contributed by atoms with Gasteiger partial charge in [0.25, 0.3) is 11.6 Å². The van der Waals surface area contributed by atoms with Crippen molar-refractivity contribution in [2.45, 2.75) is 19.8 Å². The number of carbonyl (C=O) groups excluding carboxylic acids is 1. The van der Waals surface area contributed by atoms with Crippen LogP contribution in [0.25, 0.3) is 0 Å². The van der Waals surface area contributed by atoms with Crippen molar-refractivity contribution in [3.63, 3.8) is 0 Å². The van der Waals surface area contributed by atoms with Crippen LogP contribution in [0.4, 0.5) is 11.4 Å². The first-order valence-corrected chi connectivity index (χ1v) is 7.12. The third-order valence-corrected chi connectivity index (χ3v) is 3.56. The zero-order chi connectivity index (χ0) is 16.3. The van der Waals surface area contributed by atoms with Crippen LogP contribution in [0.5, 0.6) is 0 Å². The van der Waals surface area contributed by atoms with E-state index in [1.165, 1.54) is 18.2 Å². The summed E-state index contributed by atoms with van der Waals surface area (Å²) in [4.78, 5) is 22.6. The highest BCUT2D eigenvalue weighted by Gasteiger charge is 2.17. The number of rotatable bonds is 4. The van der Waals surface area contributed by atoms with Gasteiger partial charge in [0.05, 0.1) is 4.92 Å². The molecule has 1 N–H and O–H groups in total. The minimum Gasteiger partial charge on any atom is -0.322 e. The Morgan fingerprint density at radius 2 is 1.91 bits per heavy atom. The predicted octanol–water partition coefficient (Wildman–Crippen LogP) is 4.62. The van der Waals surface area contributed by atoms with Crippen LogP contribution in [-0.4, -0.2) is 10.8 Å². The molecule has 2 aromatic rings. The van der Waals surface area contributed by atoms with Crippen LogP contribution in [-0.2, 0) is 0 Å². The molecule has 5 nitrogen and oxygen atoms in total. The fraction of sp³-hybridized carbons (Fsp3) is 0.188. The second-order valence-electron chi connectivity index (χ2n) is 5.12. The van der Waals surface area contributed by atoms with Crippen molar-refractivity contribution in [1.29, 1.82) is 0 Å². The van der Waals surface area contributed by atoms with Gasteiger partial charge in [0.15, 0.2) is 0 Å². The molecule has 0 atom stereocenters. The van der Waals surface area contributed by atoms with E-state index >= 15 is 0 Å². The molecule has 0 spiro atoms. The standard InChI is InChI=1S/C16H15ClN2O3/c1-10(2)12-5-3-4-6-14(12)18-16(20)11-7-8-13(17)15(9-11)19(21)22/h3-10H,1-2H3,(H,18,20). The van der Waals surface area contributed by atoms with E-state index < -0.39 is 10.8 Å². The third kappa shape index (κ3) is 3.43. The Balaban J connectivity index is 2.31. The molecule has 2 rings (SSSR count). The number of amides is 1. The minimum absolute atomic E-state index is 0.00382. The average molecular weight is 319 g/mol. The Bertz CT molecular complexity index is 729. The summed E-state index contributed by atoms with van der Waals surface area (Å²) in [6.07, 6.45) is 0. The van der Waals surface area contributed by atoms with Gasteiger partial charge in [-0.1, -0.05) is 43.6 Å². The topological polar surface area (TPSA) is 72.2 Å². The fourth-order valence-corrected chi connectivity index (χ4v) is 2.29. The van der Waals surface area contributed by atoms with Gasteiger partial charge in [-0.25, -0.2) is 0 Å². The molecule has 2 aromatic carbocycles. The van der Waals surface area contributed by atoms with Crippen LogP contribution < -0.4 is 5.32 Å². The first-order valence-electron chi connectivity index (χ1n) is 6.74. The second kappa shape index (κ2) is 6.58. The van der Waals surface area contributed by atoms with Gasteiger partial charge in [-0.3, -0.25) is 14.9 Å².